The van der Waals surface area contributed by atoms with E-state index in [1.165, 1.54) is 21.3 Å². The standard InChI is InChI=1S/C21H23N3O5/c1-13-6-5-7-15(10-13)22-18(25)8-9-19-23-21(24-29-19)14-11-16(26-2)20(28-4)17(12-14)27-3/h5-7,10-12H,8-9H2,1-4H3,(H,22,25). The van der Waals surface area contributed by atoms with Gasteiger partial charge in [-0.2, -0.15) is 4.98 Å². The Hall–Kier alpha value is -3.55. The summed E-state index contributed by atoms with van der Waals surface area (Å²) in [6, 6.07) is 11.1. The zero-order valence-corrected chi connectivity index (χ0v) is 16.8. The fourth-order valence-corrected chi connectivity index (χ4v) is 2.85. The number of aryl methyl sites for hydroxylation is 2. The van der Waals surface area contributed by atoms with Crippen LogP contribution in [0.4, 0.5) is 5.69 Å². The van der Waals surface area contributed by atoms with E-state index in [1.54, 1.807) is 12.1 Å². The summed E-state index contributed by atoms with van der Waals surface area (Å²) in [5.74, 6) is 2.08. The molecule has 2 aromatic carbocycles. The first-order valence-corrected chi connectivity index (χ1v) is 9.03. The van der Waals surface area contributed by atoms with Crippen molar-refractivity contribution < 1.29 is 23.5 Å². The average Bonchev–Trinajstić information content (AvgIpc) is 3.20. The number of nitrogens with zero attached hydrogens (tertiary/aromatic N) is 2. The molecule has 0 saturated carbocycles. The normalized spacial score (nSPS) is 10.5. The molecule has 0 aliphatic rings. The predicted molar refractivity (Wildman–Crippen MR) is 108 cm³/mol. The number of rotatable bonds is 8. The van der Waals surface area contributed by atoms with E-state index in [0.717, 1.165) is 11.3 Å². The summed E-state index contributed by atoms with van der Waals surface area (Å²) < 4.78 is 21.3. The van der Waals surface area contributed by atoms with E-state index in [1.807, 2.05) is 31.2 Å². The number of carbonyl (C=O) groups is 1. The molecule has 1 N–H and O–H groups in total. The van der Waals surface area contributed by atoms with Gasteiger partial charge in [0.2, 0.25) is 23.4 Å². The molecular weight excluding hydrogens is 374 g/mol. The third-order valence-electron chi connectivity index (χ3n) is 4.26. The van der Waals surface area contributed by atoms with Gasteiger partial charge >= 0.3 is 0 Å². The molecule has 29 heavy (non-hydrogen) atoms. The van der Waals surface area contributed by atoms with Crippen LogP contribution in [0.1, 0.15) is 17.9 Å². The highest BCUT2D eigenvalue weighted by molar-refractivity contribution is 5.90. The van der Waals surface area contributed by atoms with Crippen LogP contribution in [-0.2, 0) is 11.2 Å². The molecule has 3 aromatic rings. The topological polar surface area (TPSA) is 95.7 Å². The van der Waals surface area contributed by atoms with Crippen LogP contribution in [0.3, 0.4) is 0 Å². The summed E-state index contributed by atoms with van der Waals surface area (Å²) in [6.45, 7) is 1.97. The van der Waals surface area contributed by atoms with Crippen LogP contribution in [0.15, 0.2) is 40.9 Å². The Kier molecular flexibility index (Phi) is 6.33. The number of hydrogen-bond donors (Lipinski definition) is 1. The van der Waals surface area contributed by atoms with E-state index in [2.05, 4.69) is 15.5 Å². The molecule has 0 atom stereocenters. The maximum Gasteiger partial charge on any atom is 0.227 e. The number of carbonyl (C=O) groups excluding carboxylic acids is 1. The van der Waals surface area contributed by atoms with Crippen LogP contribution in [0, 0.1) is 6.92 Å². The van der Waals surface area contributed by atoms with Crippen molar-refractivity contribution in [3.05, 3.63) is 47.9 Å². The van der Waals surface area contributed by atoms with Crippen molar-refractivity contribution in [1.29, 1.82) is 0 Å². The summed E-state index contributed by atoms with van der Waals surface area (Å²) in [5, 5.41) is 6.86. The molecule has 8 nitrogen and oxygen atoms in total. The largest absolute Gasteiger partial charge is 0.493 e. The van der Waals surface area contributed by atoms with E-state index in [0.29, 0.717) is 40.9 Å². The lowest BCUT2D eigenvalue weighted by Gasteiger charge is -2.12. The van der Waals surface area contributed by atoms with Gasteiger partial charge in [-0.05, 0) is 36.8 Å². The fraction of sp³-hybridized carbons (Fsp3) is 0.286. The van der Waals surface area contributed by atoms with Crippen molar-refractivity contribution in [2.24, 2.45) is 0 Å². The Labute approximate surface area is 168 Å². The third kappa shape index (κ3) is 4.84. The quantitative estimate of drug-likeness (QED) is 0.620. The van der Waals surface area contributed by atoms with Crippen LogP contribution in [0.2, 0.25) is 0 Å². The molecule has 0 bridgehead atoms. The van der Waals surface area contributed by atoms with E-state index in [4.69, 9.17) is 18.7 Å². The van der Waals surface area contributed by atoms with Gasteiger partial charge in [-0.1, -0.05) is 17.3 Å². The van der Waals surface area contributed by atoms with Crippen molar-refractivity contribution >= 4 is 11.6 Å². The van der Waals surface area contributed by atoms with E-state index >= 15 is 0 Å². The minimum Gasteiger partial charge on any atom is -0.493 e. The maximum atomic E-state index is 12.2. The number of aromatic nitrogens is 2. The first kappa shape index (κ1) is 20.2. The Morgan fingerprint density at radius 2 is 1.79 bits per heavy atom. The molecule has 152 valence electrons. The monoisotopic (exact) mass is 397 g/mol. The number of ether oxygens (including phenoxy) is 3. The number of hydrogen-bond acceptors (Lipinski definition) is 7. The first-order chi connectivity index (χ1) is 14.0. The molecule has 0 saturated heterocycles. The van der Waals surface area contributed by atoms with Gasteiger partial charge in [0, 0.05) is 24.1 Å². The second kappa shape index (κ2) is 9.09. The third-order valence-corrected chi connectivity index (χ3v) is 4.26. The van der Waals surface area contributed by atoms with Gasteiger partial charge in [-0.25, -0.2) is 0 Å². The Bertz CT molecular complexity index is 974. The lowest BCUT2D eigenvalue weighted by atomic mass is 10.1. The lowest BCUT2D eigenvalue weighted by molar-refractivity contribution is -0.116. The van der Waals surface area contributed by atoms with Gasteiger partial charge in [0.15, 0.2) is 11.5 Å². The molecule has 0 unspecified atom stereocenters. The molecule has 1 amide bonds. The minimum absolute atomic E-state index is 0.122. The zero-order chi connectivity index (χ0) is 20.8. The number of nitrogens with one attached hydrogen (secondary N) is 1. The Morgan fingerprint density at radius 1 is 1.07 bits per heavy atom. The average molecular weight is 397 g/mol. The van der Waals surface area contributed by atoms with Crippen LogP contribution in [-0.4, -0.2) is 37.4 Å². The predicted octanol–water partition coefficient (Wildman–Crippen LogP) is 3.64. The Balaban J connectivity index is 1.68. The van der Waals surface area contributed by atoms with E-state index < -0.39 is 0 Å². The summed E-state index contributed by atoms with van der Waals surface area (Å²) in [7, 11) is 4.61. The lowest BCUT2D eigenvalue weighted by Crippen LogP contribution is -2.12. The molecular formula is C21H23N3O5. The van der Waals surface area contributed by atoms with Crippen LogP contribution in [0.25, 0.3) is 11.4 Å². The van der Waals surface area contributed by atoms with Crippen molar-refractivity contribution in [1.82, 2.24) is 10.1 Å². The molecule has 3 rings (SSSR count). The summed E-state index contributed by atoms with van der Waals surface area (Å²) in [4.78, 5) is 16.5. The number of amides is 1. The summed E-state index contributed by atoms with van der Waals surface area (Å²) >= 11 is 0. The molecule has 0 radical (unpaired) electrons. The van der Waals surface area contributed by atoms with Crippen molar-refractivity contribution in [3.8, 4) is 28.6 Å². The zero-order valence-electron chi connectivity index (χ0n) is 16.8. The van der Waals surface area contributed by atoms with Gasteiger partial charge < -0.3 is 24.1 Å². The summed E-state index contributed by atoms with van der Waals surface area (Å²) in [5.41, 5.74) is 2.49. The van der Waals surface area contributed by atoms with Crippen molar-refractivity contribution in [3.63, 3.8) is 0 Å². The molecule has 1 aromatic heterocycles. The Morgan fingerprint density at radius 3 is 2.41 bits per heavy atom. The van der Waals surface area contributed by atoms with E-state index in [-0.39, 0.29) is 12.3 Å². The SMILES string of the molecule is COc1cc(-c2noc(CCC(=O)Nc3cccc(C)c3)n2)cc(OC)c1OC. The van der Waals surface area contributed by atoms with E-state index in [9.17, 15) is 4.79 Å². The maximum absolute atomic E-state index is 12.2. The van der Waals surface area contributed by atoms with Gasteiger partial charge in [0.25, 0.3) is 0 Å². The summed E-state index contributed by atoms with van der Waals surface area (Å²) in [6.07, 6.45) is 0.555. The van der Waals surface area contributed by atoms with Crippen LogP contribution >= 0.6 is 0 Å². The molecule has 1 heterocycles. The first-order valence-electron chi connectivity index (χ1n) is 9.03. The molecule has 0 spiro atoms. The number of benzene rings is 2. The van der Waals surface area contributed by atoms with Gasteiger partial charge in [-0.15, -0.1) is 0 Å². The van der Waals surface area contributed by atoms with Crippen LogP contribution in [0.5, 0.6) is 17.2 Å². The molecule has 0 aliphatic carbocycles. The van der Waals surface area contributed by atoms with Gasteiger partial charge in [0.05, 0.1) is 21.3 Å². The highest BCUT2D eigenvalue weighted by Crippen LogP contribution is 2.40. The highest BCUT2D eigenvalue weighted by atomic mass is 16.5. The number of methoxy groups -OCH3 is 3. The molecule has 0 aliphatic heterocycles. The highest BCUT2D eigenvalue weighted by Gasteiger charge is 2.17. The minimum atomic E-state index is -0.122. The smallest absolute Gasteiger partial charge is 0.227 e. The second-order valence-corrected chi connectivity index (χ2v) is 6.34. The molecule has 8 heteroatoms. The number of anilines is 1. The second-order valence-electron chi connectivity index (χ2n) is 6.34. The van der Waals surface area contributed by atoms with Gasteiger partial charge in [-0.3, -0.25) is 4.79 Å². The van der Waals surface area contributed by atoms with Crippen LogP contribution < -0.4 is 19.5 Å². The molecule has 0 fully saturated rings. The van der Waals surface area contributed by atoms with Gasteiger partial charge in [0.1, 0.15) is 0 Å². The van der Waals surface area contributed by atoms with Crippen molar-refractivity contribution in [2.45, 2.75) is 19.8 Å². The van der Waals surface area contributed by atoms with Crippen molar-refractivity contribution in [2.75, 3.05) is 26.6 Å². The fourth-order valence-electron chi connectivity index (χ4n) is 2.85.